The predicted molar refractivity (Wildman–Crippen MR) is 55.7 cm³/mol. The van der Waals surface area contributed by atoms with Gasteiger partial charge in [0.05, 0.1) is 10.8 Å². The fourth-order valence-corrected chi connectivity index (χ4v) is 4.99. The van der Waals surface area contributed by atoms with Crippen molar-refractivity contribution in [2.75, 3.05) is 0 Å². The van der Waals surface area contributed by atoms with Gasteiger partial charge in [0.25, 0.3) is 0 Å². The molecule has 0 amide bonds. The van der Waals surface area contributed by atoms with E-state index in [1.807, 2.05) is 0 Å². The zero-order valence-electron chi connectivity index (χ0n) is 4.83. The smallest absolute Gasteiger partial charge is 0.117 e. The zero-order valence-corrected chi connectivity index (χ0v) is 10.2. The van der Waals surface area contributed by atoms with Crippen molar-refractivity contribution < 1.29 is 0 Å². The molecule has 1 aliphatic rings. The van der Waals surface area contributed by atoms with Crippen LogP contribution in [-0.2, 0) is 0 Å². The maximum atomic E-state index is 5.75. The van der Waals surface area contributed by atoms with E-state index in [2.05, 4.69) is 0 Å². The van der Waals surface area contributed by atoms with Crippen molar-refractivity contribution in [2.45, 2.75) is 18.1 Å². The molecular formula is C4H2Cl6S. The molecule has 1 saturated heterocycles. The minimum absolute atomic E-state index is 0.660. The van der Waals surface area contributed by atoms with Gasteiger partial charge in [0.1, 0.15) is 0 Å². The average molecular weight is 295 g/mol. The summed E-state index contributed by atoms with van der Waals surface area (Å²) in [6.45, 7) is 0. The molecule has 7 heteroatoms. The molecule has 1 fully saturated rings. The molecule has 11 heavy (non-hydrogen) atoms. The Morgan fingerprint density at radius 1 is 0.818 bits per heavy atom. The molecule has 2 unspecified atom stereocenters. The standard InChI is InChI=1S/C4H2Cl6S/c5-1-2(6)4(9,10)11-3(1,7)8/h1-2H. The van der Waals surface area contributed by atoms with Gasteiger partial charge in [-0.1, -0.05) is 58.2 Å². The molecule has 1 aliphatic heterocycles. The van der Waals surface area contributed by atoms with Gasteiger partial charge in [0.15, 0.2) is 7.33 Å². The topological polar surface area (TPSA) is 0 Å². The van der Waals surface area contributed by atoms with Crippen LogP contribution >= 0.6 is 81.4 Å². The summed E-state index contributed by atoms with van der Waals surface area (Å²) in [7, 11) is 0. The SMILES string of the molecule is ClC1C(Cl)C(Cl)(Cl)SC1(Cl)Cl. The predicted octanol–water partition coefficient (Wildman–Crippen LogP) is 4.21. The van der Waals surface area contributed by atoms with Crippen LogP contribution in [0.25, 0.3) is 0 Å². The molecular weight excluding hydrogens is 293 g/mol. The van der Waals surface area contributed by atoms with Gasteiger partial charge < -0.3 is 0 Å². The molecule has 2 atom stereocenters. The van der Waals surface area contributed by atoms with Crippen molar-refractivity contribution in [3.8, 4) is 0 Å². The first-order chi connectivity index (χ1) is 4.77. The molecule has 1 heterocycles. The summed E-state index contributed by atoms with van der Waals surface area (Å²) in [6, 6.07) is 0. The molecule has 0 aromatic carbocycles. The second-order valence-corrected chi connectivity index (χ2v) is 8.13. The van der Waals surface area contributed by atoms with E-state index in [1.54, 1.807) is 0 Å². The number of hydrogen-bond acceptors (Lipinski definition) is 1. The van der Waals surface area contributed by atoms with Crippen LogP contribution in [0.4, 0.5) is 0 Å². The molecule has 0 aromatic heterocycles. The van der Waals surface area contributed by atoms with Gasteiger partial charge in [-0.25, -0.2) is 0 Å². The van der Waals surface area contributed by atoms with Crippen molar-refractivity contribution in [1.82, 2.24) is 0 Å². The van der Waals surface area contributed by atoms with E-state index in [0.717, 1.165) is 11.8 Å². The molecule has 0 aliphatic carbocycles. The highest BCUT2D eigenvalue weighted by atomic mass is 35.5. The monoisotopic (exact) mass is 292 g/mol. The van der Waals surface area contributed by atoms with Crippen LogP contribution in [0, 0.1) is 0 Å². The third-order valence-corrected chi connectivity index (χ3v) is 6.08. The highest BCUT2D eigenvalue weighted by Gasteiger charge is 2.59. The molecule has 0 radical (unpaired) electrons. The summed E-state index contributed by atoms with van der Waals surface area (Å²) in [6.07, 6.45) is 0. The quantitative estimate of drug-likeness (QED) is 0.603. The van der Waals surface area contributed by atoms with E-state index in [1.165, 1.54) is 0 Å². The summed E-state index contributed by atoms with van der Waals surface area (Å²) >= 11 is 35.4. The van der Waals surface area contributed by atoms with Crippen molar-refractivity contribution in [1.29, 1.82) is 0 Å². The van der Waals surface area contributed by atoms with E-state index in [0.29, 0.717) is 0 Å². The summed E-state index contributed by atoms with van der Waals surface area (Å²) in [5.41, 5.74) is 0. The Labute approximate surface area is 98.8 Å². The average Bonchev–Trinajstić information content (AvgIpc) is 1.91. The van der Waals surface area contributed by atoms with Gasteiger partial charge in [-0.15, -0.1) is 23.2 Å². The maximum Gasteiger partial charge on any atom is 0.183 e. The number of hydrogen-bond donors (Lipinski definition) is 0. The fraction of sp³-hybridized carbons (Fsp3) is 1.00. The molecule has 0 aromatic rings. The largest absolute Gasteiger partial charge is 0.183 e. The van der Waals surface area contributed by atoms with E-state index in [-0.39, 0.29) is 0 Å². The fourth-order valence-electron chi connectivity index (χ4n) is 0.635. The van der Waals surface area contributed by atoms with E-state index in [9.17, 15) is 0 Å². The Balaban J connectivity index is 2.86. The number of halogens is 6. The second-order valence-electron chi connectivity index (χ2n) is 2.03. The molecule has 0 nitrogen and oxygen atoms in total. The molecule has 0 saturated carbocycles. The van der Waals surface area contributed by atoms with Gasteiger partial charge in [-0.05, 0) is 0 Å². The van der Waals surface area contributed by atoms with Crippen molar-refractivity contribution in [2.24, 2.45) is 0 Å². The Hall–Kier alpha value is 2.09. The van der Waals surface area contributed by atoms with E-state index in [4.69, 9.17) is 69.6 Å². The lowest BCUT2D eigenvalue weighted by molar-refractivity contribution is 0.855. The number of thioether (sulfide) groups is 1. The highest BCUT2D eigenvalue weighted by Crippen LogP contribution is 2.62. The van der Waals surface area contributed by atoms with E-state index < -0.39 is 18.1 Å². The van der Waals surface area contributed by atoms with Crippen molar-refractivity contribution in [3.63, 3.8) is 0 Å². The second kappa shape index (κ2) is 3.34. The molecule has 1 rings (SSSR count). The lowest BCUT2D eigenvalue weighted by Gasteiger charge is -2.14. The van der Waals surface area contributed by atoms with Crippen LogP contribution < -0.4 is 0 Å². The first-order valence-electron chi connectivity index (χ1n) is 2.51. The Morgan fingerprint density at radius 3 is 1.18 bits per heavy atom. The summed E-state index contributed by atoms with van der Waals surface area (Å²) in [5.74, 6) is 0. The van der Waals surface area contributed by atoms with Gasteiger partial charge in [0, 0.05) is 0 Å². The van der Waals surface area contributed by atoms with Crippen LogP contribution in [0.1, 0.15) is 0 Å². The van der Waals surface area contributed by atoms with Gasteiger partial charge in [-0.2, -0.15) is 0 Å². The van der Waals surface area contributed by atoms with E-state index >= 15 is 0 Å². The first-order valence-corrected chi connectivity index (χ1v) is 5.71. The van der Waals surface area contributed by atoms with Crippen LogP contribution in [-0.4, -0.2) is 18.1 Å². The third kappa shape index (κ3) is 2.12. The minimum Gasteiger partial charge on any atom is -0.117 e. The van der Waals surface area contributed by atoms with Gasteiger partial charge in [-0.3, -0.25) is 0 Å². The summed E-state index contributed by atoms with van der Waals surface area (Å²) < 4.78 is -2.42. The zero-order chi connectivity index (χ0) is 8.86. The van der Waals surface area contributed by atoms with Crippen LogP contribution in [0.3, 0.4) is 0 Å². The lowest BCUT2D eigenvalue weighted by Crippen LogP contribution is -2.26. The van der Waals surface area contributed by atoms with Gasteiger partial charge >= 0.3 is 0 Å². The Bertz CT molecular complexity index is 150. The third-order valence-electron chi connectivity index (χ3n) is 1.17. The molecule has 0 N–H and O–H groups in total. The molecule has 0 bridgehead atoms. The first kappa shape index (κ1) is 11.2. The maximum absolute atomic E-state index is 5.75. The molecule has 0 spiro atoms. The van der Waals surface area contributed by atoms with Crippen molar-refractivity contribution in [3.05, 3.63) is 0 Å². The normalized spacial score (nSPS) is 40.9. The lowest BCUT2D eigenvalue weighted by atomic mass is 10.3. The number of alkyl halides is 6. The van der Waals surface area contributed by atoms with Crippen molar-refractivity contribution >= 4 is 81.4 Å². The van der Waals surface area contributed by atoms with Crippen LogP contribution in [0.5, 0.6) is 0 Å². The van der Waals surface area contributed by atoms with Crippen LogP contribution in [0.2, 0.25) is 0 Å². The number of rotatable bonds is 0. The van der Waals surface area contributed by atoms with Crippen LogP contribution in [0.15, 0.2) is 0 Å². The highest BCUT2D eigenvalue weighted by molar-refractivity contribution is 8.07. The molecule has 66 valence electrons. The summed E-state index contributed by atoms with van der Waals surface area (Å²) in [4.78, 5) is 0. The minimum atomic E-state index is -1.21. The Morgan fingerprint density at radius 2 is 1.09 bits per heavy atom. The Kier molecular flexibility index (Phi) is 3.39. The van der Waals surface area contributed by atoms with Gasteiger partial charge in [0.2, 0.25) is 0 Å². The summed E-state index contributed by atoms with van der Waals surface area (Å²) in [5, 5.41) is -1.32.